The second-order valence-corrected chi connectivity index (χ2v) is 9.86. The molecule has 4 aromatic rings. The summed E-state index contributed by atoms with van der Waals surface area (Å²) < 4.78 is 47.3. The minimum absolute atomic E-state index is 0.260. The van der Waals surface area contributed by atoms with Gasteiger partial charge in [0.2, 0.25) is 0 Å². The van der Waals surface area contributed by atoms with Crippen molar-refractivity contribution in [1.29, 1.82) is 0 Å². The first kappa shape index (κ1) is 24.4. The number of fused-ring (bicyclic) bond motifs is 1. The van der Waals surface area contributed by atoms with Gasteiger partial charge in [-0.1, -0.05) is 48.0 Å². The summed E-state index contributed by atoms with van der Waals surface area (Å²) in [6.45, 7) is 0.338. The third kappa shape index (κ3) is 5.58. The molecule has 0 radical (unpaired) electrons. The second-order valence-electron chi connectivity index (χ2n) is 8.22. The van der Waals surface area contributed by atoms with E-state index in [-0.39, 0.29) is 5.56 Å². The van der Waals surface area contributed by atoms with Crippen LogP contribution in [0.4, 0.5) is 18.9 Å². The summed E-state index contributed by atoms with van der Waals surface area (Å²) in [6.07, 6.45) is -2.42. The van der Waals surface area contributed by atoms with E-state index in [0.717, 1.165) is 33.5 Å². The summed E-state index contributed by atoms with van der Waals surface area (Å²) in [5.41, 5.74) is 2.85. The van der Waals surface area contributed by atoms with Crippen LogP contribution in [-0.4, -0.2) is 10.7 Å². The molecule has 3 nitrogen and oxygen atoms in total. The summed E-state index contributed by atoms with van der Waals surface area (Å²) >= 11 is 7.24. The van der Waals surface area contributed by atoms with E-state index < -0.39 is 17.0 Å². The topological polar surface area (TPSA) is 34.5 Å². The molecular weight excluding hydrogens is 505 g/mol. The number of rotatable bonds is 5. The van der Waals surface area contributed by atoms with Crippen LogP contribution in [0.25, 0.3) is 0 Å². The molecule has 0 N–H and O–H groups in total. The van der Waals surface area contributed by atoms with Crippen LogP contribution in [0, 0.1) is 0 Å². The third-order valence-corrected chi connectivity index (χ3v) is 7.29. The summed E-state index contributed by atoms with van der Waals surface area (Å²) in [7, 11) is 0. The Bertz CT molecular complexity index is 1390. The molecule has 0 amide bonds. The van der Waals surface area contributed by atoms with Crippen LogP contribution in [-0.2, 0) is 12.8 Å². The van der Waals surface area contributed by atoms with Crippen molar-refractivity contribution in [3.63, 3.8) is 0 Å². The van der Waals surface area contributed by atoms with Crippen molar-refractivity contribution in [2.45, 2.75) is 29.3 Å². The van der Waals surface area contributed by atoms with Gasteiger partial charge in [0.05, 0.1) is 11.3 Å². The van der Waals surface area contributed by atoms with Crippen LogP contribution in [0.1, 0.15) is 33.9 Å². The van der Waals surface area contributed by atoms with E-state index in [1.807, 2.05) is 54.6 Å². The Kier molecular flexibility index (Phi) is 7.03. The molecule has 0 bridgehead atoms. The normalized spacial score (nSPS) is 15.6. The van der Waals surface area contributed by atoms with Crippen molar-refractivity contribution in [2.24, 2.45) is 4.99 Å². The third-order valence-electron chi connectivity index (χ3n) is 5.76. The van der Waals surface area contributed by atoms with Gasteiger partial charge in [0.1, 0.15) is 17.5 Å². The van der Waals surface area contributed by atoms with Gasteiger partial charge < -0.3 is 4.74 Å². The number of alkyl halides is 3. The fourth-order valence-corrected chi connectivity index (χ4v) is 5.39. The highest BCUT2D eigenvalue weighted by atomic mass is 35.5. The van der Waals surface area contributed by atoms with Gasteiger partial charge >= 0.3 is 6.18 Å². The van der Waals surface area contributed by atoms with Crippen LogP contribution in [0.15, 0.2) is 101 Å². The number of halogens is 4. The lowest BCUT2D eigenvalue weighted by Gasteiger charge is -2.21. The second kappa shape index (κ2) is 10.4. The van der Waals surface area contributed by atoms with Gasteiger partial charge in [-0.2, -0.15) is 13.2 Å². The number of para-hydroxylation sites is 1. The maximum Gasteiger partial charge on any atom is 0.416 e. The lowest BCUT2D eigenvalue weighted by Crippen LogP contribution is -2.13. The molecule has 3 aromatic carbocycles. The van der Waals surface area contributed by atoms with Gasteiger partial charge in [0, 0.05) is 34.0 Å². The zero-order valence-electron chi connectivity index (χ0n) is 18.9. The molecular formula is C28H20ClF3N2OS. The molecule has 0 saturated heterocycles. The van der Waals surface area contributed by atoms with Crippen LogP contribution in [0.5, 0.6) is 5.75 Å². The van der Waals surface area contributed by atoms with Gasteiger partial charge in [-0.3, -0.25) is 4.99 Å². The molecule has 0 fully saturated rings. The number of benzene rings is 3. The van der Waals surface area contributed by atoms with Crippen molar-refractivity contribution < 1.29 is 17.9 Å². The average Bonchev–Trinajstić information content (AvgIpc) is 3.08. The van der Waals surface area contributed by atoms with E-state index in [2.05, 4.69) is 4.98 Å². The predicted octanol–water partition coefficient (Wildman–Crippen LogP) is 8.69. The molecule has 0 aliphatic carbocycles. The van der Waals surface area contributed by atoms with E-state index in [0.29, 0.717) is 23.9 Å². The van der Waals surface area contributed by atoms with Gasteiger partial charge in [0.25, 0.3) is 0 Å². The molecule has 182 valence electrons. The summed E-state index contributed by atoms with van der Waals surface area (Å²) in [6, 6.07) is 24.3. The Hall–Kier alpha value is -3.29. The highest BCUT2D eigenvalue weighted by Crippen LogP contribution is 2.48. The smallest absolute Gasteiger partial charge is 0.416 e. The number of thioether (sulfide) groups is 1. The molecule has 5 rings (SSSR count). The lowest BCUT2D eigenvalue weighted by molar-refractivity contribution is -0.138. The number of ether oxygens (including phenoxy) is 1. The maximum absolute atomic E-state index is 13.8. The van der Waals surface area contributed by atoms with Crippen LogP contribution >= 0.6 is 23.4 Å². The maximum atomic E-state index is 13.8. The highest BCUT2D eigenvalue weighted by Gasteiger charge is 2.36. The average molecular weight is 525 g/mol. The Balaban J connectivity index is 1.43. The molecule has 1 aliphatic rings. The predicted molar refractivity (Wildman–Crippen MR) is 137 cm³/mol. The van der Waals surface area contributed by atoms with E-state index in [1.165, 1.54) is 17.8 Å². The molecule has 1 aromatic heterocycles. The van der Waals surface area contributed by atoms with Crippen LogP contribution < -0.4 is 4.74 Å². The minimum atomic E-state index is -4.43. The van der Waals surface area contributed by atoms with Crippen molar-refractivity contribution >= 4 is 34.8 Å². The van der Waals surface area contributed by atoms with E-state index in [4.69, 9.17) is 21.3 Å². The van der Waals surface area contributed by atoms with Gasteiger partial charge in [-0.15, -0.1) is 11.8 Å². The number of aliphatic imine (C=N–C) groups is 1. The van der Waals surface area contributed by atoms with Gasteiger partial charge in [-0.25, -0.2) is 4.98 Å². The standard InChI is InChI=1S/C28H20ClF3N2OS/c29-27-14-9-18(16-33-27)17-35-20-12-10-19(11-13-20)24-15-26(36-25-8-4-3-7-23(25)34-24)21-5-1-2-6-22(21)28(30,31)32/h1-14,16,26H,15,17H2. The first-order valence-corrected chi connectivity index (χ1v) is 12.5. The zero-order chi connectivity index (χ0) is 25.1. The van der Waals surface area contributed by atoms with Crippen molar-refractivity contribution in [2.75, 3.05) is 0 Å². The largest absolute Gasteiger partial charge is 0.489 e. The van der Waals surface area contributed by atoms with Gasteiger partial charge in [0.15, 0.2) is 0 Å². The molecule has 0 saturated carbocycles. The van der Waals surface area contributed by atoms with Crippen LogP contribution in [0.2, 0.25) is 5.15 Å². The van der Waals surface area contributed by atoms with E-state index >= 15 is 0 Å². The van der Waals surface area contributed by atoms with Crippen molar-refractivity contribution in [3.8, 4) is 5.75 Å². The fraction of sp³-hybridized carbons (Fsp3) is 0.143. The molecule has 1 unspecified atom stereocenters. The zero-order valence-corrected chi connectivity index (χ0v) is 20.4. The lowest BCUT2D eigenvalue weighted by atomic mass is 9.97. The number of hydrogen-bond donors (Lipinski definition) is 0. The van der Waals surface area contributed by atoms with E-state index in [1.54, 1.807) is 24.4 Å². The summed E-state index contributed by atoms with van der Waals surface area (Å²) in [4.78, 5) is 9.76. The Morgan fingerprint density at radius 1 is 0.917 bits per heavy atom. The molecule has 1 atom stereocenters. The van der Waals surface area contributed by atoms with Gasteiger partial charge in [-0.05, 0) is 59.7 Å². The number of pyridine rings is 1. The fourth-order valence-electron chi connectivity index (χ4n) is 4.00. The van der Waals surface area contributed by atoms with Crippen LogP contribution in [0.3, 0.4) is 0 Å². The van der Waals surface area contributed by atoms with Crippen molar-refractivity contribution in [1.82, 2.24) is 4.98 Å². The Morgan fingerprint density at radius 3 is 2.42 bits per heavy atom. The SMILES string of the molecule is FC(F)(F)c1ccccc1C1CC(c2ccc(OCc3ccc(Cl)nc3)cc2)=Nc2ccccc2S1. The number of aromatic nitrogens is 1. The monoisotopic (exact) mass is 524 g/mol. The Labute approximate surface area is 216 Å². The first-order valence-electron chi connectivity index (χ1n) is 11.2. The molecule has 36 heavy (non-hydrogen) atoms. The number of nitrogens with zero attached hydrogens (tertiary/aromatic N) is 2. The minimum Gasteiger partial charge on any atom is -0.489 e. The van der Waals surface area contributed by atoms with Crippen molar-refractivity contribution in [3.05, 3.63) is 119 Å². The molecule has 8 heteroatoms. The molecule has 1 aliphatic heterocycles. The highest BCUT2D eigenvalue weighted by molar-refractivity contribution is 7.99. The molecule has 0 spiro atoms. The summed E-state index contributed by atoms with van der Waals surface area (Å²) in [5, 5.41) is -0.0262. The Morgan fingerprint density at radius 2 is 1.67 bits per heavy atom. The van der Waals surface area contributed by atoms with E-state index in [9.17, 15) is 13.2 Å². The summed E-state index contributed by atoms with van der Waals surface area (Å²) in [5.74, 6) is 0.664. The first-order chi connectivity index (χ1) is 17.4. The quantitative estimate of drug-likeness (QED) is 0.245. The molecule has 2 heterocycles. The number of hydrogen-bond acceptors (Lipinski definition) is 4.